The zero-order valence-electron chi connectivity index (χ0n) is 19.4. The molecule has 1 fully saturated rings. The molecule has 0 atom stereocenters. The van der Waals surface area contributed by atoms with E-state index >= 15 is 0 Å². The number of anilines is 1. The van der Waals surface area contributed by atoms with E-state index in [-0.39, 0.29) is 11.8 Å². The van der Waals surface area contributed by atoms with Gasteiger partial charge >= 0.3 is 7.12 Å². The highest BCUT2D eigenvalue weighted by molar-refractivity contribution is 6.62. The number of aromatic nitrogens is 5. The van der Waals surface area contributed by atoms with E-state index in [4.69, 9.17) is 26.6 Å². The molecule has 4 aromatic rings. The average molecular weight is 481 g/mol. The quantitative estimate of drug-likeness (QED) is 0.351. The van der Waals surface area contributed by atoms with Crippen LogP contribution in [-0.2, 0) is 9.31 Å². The fourth-order valence-corrected chi connectivity index (χ4v) is 3.96. The Hall–Kier alpha value is -3.08. The first-order valence-electron chi connectivity index (χ1n) is 10.8. The lowest BCUT2D eigenvalue weighted by Crippen LogP contribution is -2.41. The number of hydrogen-bond acceptors (Lipinski definition) is 7. The van der Waals surface area contributed by atoms with Gasteiger partial charge in [-0.25, -0.2) is 19.0 Å². The van der Waals surface area contributed by atoms with E-state index in [9.17, 15) is 4.39 Å². The molecule has 1 aliphatic rings. The molecule has 0 unspecified atom stereocenters. The molecule has 11 heteroatoms. The smallest absolute Gasteiger partial charge is 0.399 e. The van der Waals surface area contributed by atoms with Crippen LogP contribution in [0, 0.1) is 12.7 Å². The molecule has 3 aromatic heterocycles. The SMILES string of the molecule is Cc1cn(-c2nc(N)c3nc(Cl)ccc3n2)nc1-c1cc(F)cc(B2OC(C)(C)C(C)(C)O2)c1. The topological polar surface area (TPSA) is 101 Å². The van der Waals surface area contributed by atoms with Gasteiger partial charge in [-0.2, -0.15) is 10.1 Å². The van der Waals surface area contributed by atoms with Crippen molar-refractivity contribution >= 4 is 41.0 Å². The number of pyridine rings is 1. The first-order chi connectivity index (χ1) is 15.9. The number of rotatable bonds is 3. The summed E-state index contributed by atoms with van der Waals surface area (Å²) < 4.78 is 28.4. The lowest BCUT2D eigenvalue weighted by molar-refractivity contribution is 0.00578. The summed E-state index contributed by atoms with van der Waals surface area (Å²) in [6.07, 6.45) is 1.76. The van der Waals surface area contributed by atoms with Crippen molar-refractivity contribution in [3.63, 3.8) is 0 Å². The van der Waals surface area contributed by atoms with Crippen LogP contribution >= 0.6 is 11.6 Å². The molecule has 0 amide bonds. The molecule has 34 heavy (non-hydrogen) atoms. The highest BCUT2D eigenvalue weighted by Gasteiger charge is 2.51. The third-order valence-corrected chi connectivity index (χ3v) is 6.56. The number of fused-ring (bicyclic) bond motifs is 1. The van der Waals surface area contributed by atoms with Crippen LogP contribution in [0.15, 0.2) is 36.5 Å². The highest BCUT2D eigenvalue weighted by atomic mass is 35.5. The van der Waals surface area contributed by atoms with Crippen LogP contribution in [-0.4, -0.2) is 43.1 Å². The molecule has 0 saturated carbocycles. The number of nitrogens with two attached hydrogens (primary N) is 1. The minimum Gasteiger partial charge on any atom is -0.399 e. The minimum atomic E-state index is -0.690. The molecule has 174 valence electrons. The summed E-state index contributed by atoms with van der Waals surface area (Å²) in [7, 11) is -0.690. The lowest BCUT2D eigenvalue weighted by atomic mass is 9.78. The van der Waals surface area contributed by atoms with E-state index in [2.05, 4.69) is 20.1 Å². The molecule has 8 nitrogen and oxygen atoms in total. The van der Waals surface area contributed by atoms with Gasteiger partial charge in [0, 0.05) is 11.8 Å². The maximum absolute atomic E-state index is 14.7. The van der Waals surface area contributed by atoms with E-state index in [1.165, 1.54) is 16.8 Å². The summed E-state index contributed by atoms with van der Waals surface area (Å²) in [5, 5.41) is 4.93. The van der Waals surface area contributed by atoms with E-state index in [1.807, 2.05) is 40.7 Å². The van der Waals surface area contributed by atoms with E-state index in [1.54, 1.807) is 18.3 Å². The monoisotopic (exact) mass is 480 g/mol. The van der Waals surface area contributed by atoms with Crippen molar-refractivity contribution < 1.29 is 13.7 Å². The van der Waals surface area contributed by atoms with Gasteiger partial charge in [0.25, 0.3) is 5.95 Å². The van der Waals surface area contributed by atoms with Crippen molar-refractivity contribution in [2.24, 2.45) is 0 Å². The van der Waals surface area contributed by atoms with Crippen molar-refractivity contribution in [3.05, 3.63) is 53.1 Å². The van der Waals surface area contributed by atoms with Crippen LogP contribution in [0.5, 0.6) is 0 Å². The van der Waals surface area contributed by atoms with Crippen molar-refractivity contribution in [3.8, 4) is 17.2 Å². The third kappa shape index (κ3) is 3.81. The van der Waals surface area contributed by atoms with Crippen LogP contribution in [0.3, 0.4) is 0 Å². The van der Waals surface area contributed by atoms with Gasteiger partial charge in [0.2, 0.25) is 0 Å². The van der Waals surface area contributed by atoms with Gasteiger partial charge < -0.3 is 15.0 Å². The zero-order chi connectivity index (χ0) is 24.4. The first-order valence-corrected chi connectivity index (χ1v) is 11.1. The average Bonchev–Trinajstić information content (AvgIpc) is 3.24. The van der Waals surface area contributed by atoms with Crippen molar-refractivity contribution in [1.82, 2.24) is 24.7 Å². The number of hydrogen-bond donors (Lipinski definition) is 1. The van der Waals surface area contributed by atoms with Gasteiger partial charge in [-0.1, -0.05) is 17.7 Å². The van der Waals surface area contributed by atoms with Gasteiger partial charge in [0.15, 0.2) is 5.82 Å². The van der Waals surface area contributed by atoms with Crippen molar-refractivity contribution in [2.75, 3.05) is 5.73 Å². The molecule has 5 rings (SSSR count). The highest BCUT2D eigenvalue weighted by Crippen LogP contribution is 2.37. The predicted octanol–water partition coefficient (Wildman–Crippen LogP) is 3.86. The van der Waals surface area contributed by atoms with Gasteiger partial charge in [-0.15, -0.1) is 0 Å². The normalized spacial score (nSPS) is 17.0. The Labute approximate surface area is 201 Å². The molecule has 1 saturated heterocycles. The maximum atomic E-state index is 14.7. The van der Waals surface area contributed by atoms with Crippen LogP contribution in [0.2, 0.25) is 5.15 Å². The summed E-state index contributed by atoms with van der Waals surface area (Å²) in [5.41, 5.74) is 8.52. The second-order valence-corrected chi connectivity index (χ2v) is 9.76. The first kappa shape index (κ1) is 22.7. The van der Waals surface area contributed by atoms with Crippen molar-refractivity contribution in [2.45, 2.75) is 45.8 Å². The third-order valence-electron chi connectivity index (χ3n) is 6.34. The Kier molecular flexibility index (Phi) is 5.16. The van der Waals surface area contributed by atoms with E-state index in [0.717, 1.165) is 5.56 Å². The van der Waals surface area contributed by atoms with Crippen LogP contribution < -0.4 is 11.2 Å². The van der Waals surface area contributed by atoms with E-state index < -0.39 is 24.1 Å². The second kappa shape index (κ2) is 7.73. The predicted molar refractivity (Wildman–Crippen MR) is 130 cm³/mol. The number of nitrogen functional groups attached to an aromatic ring is 1. The summed E-state index contributed by atoms with van der Waals surface area (Å²) in [6, 6.07) is 8.02. The fraction of sp³-hybridized carbons (Fsp3) is 0.304. The molecule has 4 heterocycles. The summed E-state index contributed by atoms with van der Waals surface area (Å²) in [5.74, 6) is 0.0439. The van der Waals surface area contributed by atoms with Crippen LogP contribution in [0.25, 0.3) is 28.2 Å². The Morgan fingerprint density at radius 3 is 2.44 bits per heavy atom. The van der Waals surface area contributed by atoms with Gasteiger partial charge in [0.1, 0.15) is 16.5 Å². The molecule has 0 spiro atoms. The minimum absolute atomic E-state index is 0.186. The molecular formula is C23H23BClFN6O2. The molecule has 0 aliphatic carbocycles. The fourth-order valence-electron chi connectivity index (χ4n) is 3.81. The second-order valence-electron chi connectivity index (χ2n) is 9.38. The zero-order valence-corrected chi connectivity index (χ0v) is 20.2. The number of nitrogens with zero attached hydrogens (tertiary/aromatic N) is 5. The Balaban J connectivity index is 1.54. The molecule has 1 aliphatic heterocycles. The Morgan fingerprint density at radius 2 is 1.74 bits per heavy atom. The van der Waals surface area contributed by atoms with Crippen LogP contribution in [0.4, 0.5) is 10.2 Å². The summed E-state index contributed by atoms with van der Waals surface area (Å²) >= 11 is 5.95. The maximum Gasteiger partial charge on any atom is 0.494 e. The molecule has 2 N–H and O–H groups in total. The lowest BCUT2D eigenvalue weighted by Gasteiger charge is -2.32. The number of halogens is 2. The standard InChI is InChI=1S/C23H23BClFN6O2/c1-12-11-32(21-28-16-6-7-17(25)29-19(16)20(27)30-21)31-18(12)13-8-14(10-15(26)9-13)24-33-22(2,3)23(4,5)34-24/h6-11H,1-5H3,(H2,27,28,30). The molecular weight excluding hydrogens is 458 g/mol. The van der Waals surface area contributed by atoms with E-state index in [0.29, 0.717) is 32.9 Å². The Morgan fingerprint density at radius 1 is 1.03 bits per heavy atom. The van der Waals surface area contributed by atoms with Gasteiger partial charge in [0.05, 0.1) is 22.4 Å². The number of aryl methyl sites for hydroxylation is 1. The summed E-state index contributed by atoms with van der Waals surface area (Å²) in [4.78, 5) is 13.0. The molecule has 1 aromatic carbocycles. The Bertz CT molecular complexity index is 1420. The summed E-state index contributed by atoms with van der Waals surface area (Å²) in [6.45, 7) is 9.70. The largest absolute Gasteiger partial charge is 0.494 e. The molecule has 0 radical (unpaired) electrons. The molecule has 0 bridgehead atoms. The number of benzene rings is 1. The van der Waals surface area contributed by atoms with Crippen molar-refractivity contribution in [1.29, 1.82) is 0 Å². The van der Waals surface area contributed by atoms with Crippen LogP contribution in [0.1, 0.15) is 33.3 Å². The van der Waals surface area contributed by atoms with Gasteiger partial charge in [-0.3, -0.25) is 0 Å². The van der Waals surface area contributed by atoms with Gasteiger partial charge in [-0.05, 0) is 69.9 Å².